The second-order valence-electron chi connectivity index (χ2n) is 7.97. The summed E-state index contributed by atoms with van der Waals surface area (Å²) in [6.45, 7) is 3.75. The lowest BCUT2D eigenvalue weighted by Gasteiger charge is -2.33. The molecule has 1 amide bonds. The van der Waals surface area contributed by atoms with Crippen molar-refractivity contribution >= 4 is 45.7 Å². The number of rotatable bonds is 4. The summed E-state index contributed by atoms with van der Waals surface area (Å²) in [5.41, 5.74) is 2.71. The van der Waals surface area contributed by atoms with Crippen molar-refractivity contribution < 1.29 is 9.18 Å². The fourth-order valence-corrected chi connectivity index (χ4v) is 4.72. The molecule has 0 aliphatic carbocycles. The van der Waals surface area contributed by atoms with Gasteiger partial charge in [0.25, 0.3) is 0 Å². The van der Waals surface area contributed by atoms with E-state index in [1.807, 2.05) is 13.0 Å². The third-order valence-electron chi connectivity index (χ3n) is 5.55. The number of carbonyl (C=O) groups is 1. The summed E-state index contributed by atoms with van der Waals surface area (Å²) in [7, 11) is 2.09. The number of aryl methyl sites for hydroxylation is 1. The smallest absolute Gasteiger partial charge is 0.234 e. The van der Waals surface area contributed by atoms with Crippen LogP contribution in [-0.2, 0) is 4.79 Å². The predicted octanol–water partition coefficient (Wildman–Crippen LogP) is 4.78. The number of aliphatic imine (C=N–C) groups is 2. The van der Waals surface area contributed by atoms with Crippen molar-refractivity contribution in [3.63, 3.8) is 0 Å². The Kier molecular flexibility index (Phi) is 6.46. The minimum atomic E-state index is -0.488. The Morgan fingerprint density at radius 3 is 2.61 bits per heavy atom. The van der Waals surface area contributed by atoms with E-state index < -0.39 is 5.66 Å². The van der Waals surface area contributed by atoms with Crippen LogP contribution in [0.15, 0.2) is 52.4 Å². The zero-order valence-electron chi connectivity index (χ0n) is 17.5. The zero-order chi connectivity index (χ0) is 22.0. The standard InChI is InChI=1S/C23H24ClFN4OS/c1-15-3-6-17(24)13-19(15)26-20(30)14-31-22-21(16-4-7-18(25)8-5-16)27-23(28-22)9-11-29(2)12-10-23/h3-8,13H,9-12,14H2,1-2H3,(H,26,30). The first-order valence-corrected chi connectivity index (χ1v) is 11.5. The summed E-state index contributed by atoms with van der Waals surface area (Å²) >= 11 is 7.41. The molecule has 5 nitrogen and oxygen atoms in total. The SMILES string of the molecule is Cc1ccc(Cl)cc1NC(=O)CSC1=NC2(CCN(C)CC2)N=C1c1ccc(F)cc1. The molecule has 1 saturated heterocycles. The van der Waals surface area contributed by atoms with Gasteiger partial charge in [0.2, 0.25) is 5.91 Å². The zero-order valence-corrected chi connectivity index (χ0v) is 19.1. The van der Waals surface area contributed by atoms with Crippen molar-refractivity contribution in [3.8, 4) is 0 Å². The van der Waals surface area contributed by atoms with Gasteiger partial charge in [-0.3, -0.25) is 9.79 Å². The van der Waals surface area contributed by atoms with E-state index in [1.54, 1.807) is 24.3 Å². The Morgan fingerprint density at radius 2 is 1.90 bits per heavy atom. The summed E-state index contributed by atoms with van der Waals surface area (Å²) in [4.78, 5) is 24.8. The molecular weight excluding hydrogens is 435 g/mol. The largest absolute Gasteiger partial charge is 0.325 e. The molecule has 1 spiro atoms. The minimum absolute atomic E-state index is 0.138. The van der Waals surface area contributed by atoms with Crippen molar-refractivity contribution in [2.24, 2.45) is 9.98 Å². The summed E-state index contributed by atoms with van der Waals surface area (Å²) < 4.78 is 13.4. The van der Waals surface area contributed by atoms with Crippen LogP contribution >= 0.6 is 23.4 Å². The van der Waals surface area contributed by atoms with E-state index in [1.165, 1.54) is 23.9 Å². The number of thioether (sulfide) groups is 1. The van der Waals surface area contributed by atoms with Gasteiger partial charge in [0.15, 0.2) is 5.66 Å². The first kappa shape index (κ1) is 22.0. The fraction of sp³-hybridized carbons (Fsp3) is 0.348. The third-order valence-corrected chi connectivity index (χ3v) is 6.75. The average Bonchev–Trinajstić information content (AvgIpc) is 3.10. The van der Waals surface area contributed by atoms with Crippen LogP contribution in [0.4, 0.5) is 10.1 Å². The molecule has 2 aliphatic heterocycles. The number of amides is 1. The van der Waals surface area contributed by atoms with Crippen molar-refractivity contribution in [1.82, 2.24) is 4.90 Å². The van der Waals surface area contributed by atoms with Gasteiger partial charge in [-0.1, -0.05) is 29.4 Å². The number of nitrogens with one attached hydrogen (secondary N) is 1. The molecule has 162 valence electrons. The number of piperidine rings is 1. The second-order valence-corrected chi connectivity index (χ2v) is 9.37. The summed E-state index contributed by atoms with van der Waals surface area (Å²) in [6.07, 6.45) is 1.65. The van der Waals surface area contributed by atoms with Gasteiger partial charge in [-0.2, -0.15) is 0 Å². The number of anilines is 1. The van der Waals surface area contributed by atoms with Crippen LogP contribution in [0.2, 0.25) is 5.02 Å². The topological polar surface area (TPSA) is 57.1 Å². The van der Waals surface area contributed by atoms with E-state index in [2.05, 4.69) is 17.3 Å². The first-order chi connectivity index (χ1) is 14.8. The summed E-state index contributed by atoms with van der Waals surface area (Å²) in [6, 6.07) is 11.7. The Bertz CT molecular complexity index is 1050. The van der Waals surface area contributed by atoms with Crippen molar-refractivity contribution in [2.45, 2.75) is 25.4 Å². The second kappa shape index (κ2) is 9.10. The van der Waals surface area contributed by atoms with Crippen LogP contribution in [0, 0.1) is 12.7 Å². The van der Waals surface area contributed by atoms with Crippen LogP contribution in [0.25, 0.3) is 0 Å². The Hall–Kier alpha value is -2.22. The number of benzene rings is 2. The number of carbonyl (C=O) groups excluding carboxylic acids is 1. The maximum atomic E-state index is 13.4. The van der Waals surface area contributed by atoms with E-state index in [-0.39, 0.29) is 17.5 Å². The molecular formula is C23H24ClFN4OS. The Morgan fingerprint density at radius 1 is 1.19 bits per heavy atom. The highest BCUT2D eigenvalue weighted by Crippen LogP contribution is 2.35. The fourth-order valence-electron chi connectivity index (χ4n) is 3.67. The van der Waals surface area contributed by atoms with E-state index in [9.17, 15) is 9.18 Å². The van der Waals surface area contributed by atoms with Gasteiger partial charge in [-0.15, -0.1) is 0 Å². The molecule has 0 bridgehead atoms. The molecule has 31 heavy (non-hydrogen) atoms. The highest BCUT2D eigenvalue weighted by molar-refractivity contribution is 8.16. The predicted molar refractivity (Wildman–Crippen MR) is 127 cm³/mol. The van der Waals surface area contributed by atoms with E-state index in [0.29, 0.717) is 10.7 Å². The van der Waals surface area contributed by atoms with Gasteiger partial charge in [0.05, 0.1) is 11.5 Å². The van der Waals surface area contributed by atoms with E-state index in [4.69, 9.17) is 21.6 Å². The molecule has 4 rings (SSSR count). The normalized spacial score (nSPS) is 18.1. The Labute approximate surface area is 190 Å². The van der Waals surface area contributed by atoms with Crippen LogP contribution in [-0.4, -0.2) is 53.1 Å². The highest BCUT2D eigenvalue weighted by Gasteiger charge is 2.39. The molecule has 2 heterocycles. The molecule has 2 aliphatic rings. The number of hydrogen-bond donors (Lipinski definition) is 1. The third kappa shape index (κ3) is 5.17. The lowest BCUT2D eigenvalue weighted by molar-refractivity contribution is -0.113. The van der Waals surface area contributed by atoms with Gasteiger partial charge < -0.3 is 10.2 Å². The van der Waals surface area contributed by atoms with Gasteiger partial charge in [-0.25, -0.2) is 9.38 Å². The molecule has 8 heteroatoms. The molecule has 0 radical (unpaired) electrons. The quantitative estimate of drug-likeness (QED) is 0.717. The van der Waals surface area contributed by atoms with Crippen molar-refractivity contribution in [3.05, 3.63) is 64.4 Å². The van der Waals surface area contributed by atoms with Crippen LogP contribution in [0.3, 0.4) is 0 Å². The summed E-state index contributed by atoms with van der Waals surface area (Å²) in [5.74, 6) is -0.235. The van der Waals surface area contributed by atoms with Gasteiger partial charge in [0, 0.05) is 42.2 Å². The molecule has 1 N–H and O–H groups in total. The van der Waals surface area contributed by atoms with Gasteiger partial charge >= 0.3 is 0 Å². The van der Waals surface area contributed by atoms with Crippen molar-refractivity contribution in [2.75, 3.05) is 31.2 Å². The minimum Gasteiger partial charge on any atom is -0.325 e. The molecule has 1 fully saturated rings. The maximum Gasteiger partial charge on any atom is 0.234 e. The monoisotopic (exact) mass is 458 g/mol. The molecule has 0 unspecified atom stereocenters. The lowest BCUT2D eigenvalue weighted by Crippen LogP contribution is -2.39. The number of likely N-dealkylation sites (tertiary alicyclic amines) is 1. The van der Waals surface area contributed by atoms with Crippen LogP contribution in [0.1, 0.15) is 24.0 Å². The average molecular weight is 459 g/mol. The molecule has 0 atom stereocenters. The van der Waals surface area contributed by atoms with E-state index >= 15 is 0 Å². The maximum absolute atomic E-state index is 13.4. The Balaban J connectivity index is 1.51. The number of nitrogens with zero attached hydrogens (tertiary/aromatic N) is 3. The first-order valence-electron chi connectivity index (χ1n) is 10.2. The van der Waals surface area contributed by atoms with Crippen molar-refractivity contribution in [1.29, 1.82) is 0 Å². The summed E-state index contributed by atoms with van der Waals surface area (Å²) in [5, 5.41) is 4.22. The molecule has 0 saturated carbocycles. The number of halogens is 2. The molecule has 0 aromatic heterocycles. The van der Waals surface area contributed by atoms with Gasteiger partial charge in [0.1, 0.15) is 10.9 Å². The van der Waals surface area contributed by atoms with Gasteiger partial charge in [-0.05, 0) is 55.9 Å². The highest BCUT2D eigenvalue weighted by atomic mass is 35.5. The molecule has 2 aromatic carbocycles. The van der Waals surface area contributed by atoms with Crippen LogP contribution in [0.5, 0.6) is 0 Å². The number of hydrogen-bond acceptors (Lipinski definition) is 5. The molecule has 2 aromatic rings. The lowest BCUT2D eigenvalue weighted by atomic mass is 9.99. The van der Waals surface area contributed by atoms with E-state index in [0.717, 1.165) is 47.8 Å². The van der Waals surface area contributed by atoms with Crippen LogP contribution < -0.4 is 5.32 Å².